The Bertz CT molecular complexity index is 1120. The van der Waals surface area contributed by atoms with Crippen molar-refractivity contribution in [3.8, 4) is 5.75 Å². The van der Waals surface area contributed by atoms with Gasteiger partial charge in [0.15, 0.2) is 4.90 Å². The molecular formula is C20H15F18OPS. The van der Waals surface area contributed by atoms with E-state index in [1.54, 1.807) is 12.1 Å². The Labute approximate surface area is 220 Å². The second kappa shape index (κ2) is 10.2. The fourth-order valence-electron chi connectivity index (χ4n) is 2.93. The summed E-state index contributed by atoms with van der Waals surface area (Å²) in [5, 5.41) is 9.23. The normalized spacial score (nSPS) is 16.7. The molecule has 0 aliphatic rings. The molecule has 1 N–H and O–H groups in total. The fourth-order valence-corrected chi connectivity index (χ4v) is 7.07. The summed E-state index contributed by atoms with van der Waals surface area (Å²) in [4.78, 5) is 1.29. The molecule has 2 aromatic carbocycles. The molecule has 0 saturated heterocycles. The average molecular weight is 676 g/mol. The molecule has 0 saturated carbocycles. The monoisotopic (exact) mass is 676 g/mol. The van der Waals surface area contributed by atoms with E-state index in [0.29, 0.717) is 5.75 Å². The number of halogens is 18. The molecule has 0 radical (unpaired) electrons. The van der Waals surface area contributed by atoms with Crippen LogP contribution in [-0.2, 0) is 16.6 Å². The SMILES string of the molecule is C[S+](Cc1ccccc1)c1ccc(O)cc1.FC(F)(F)C(F)(F)[P-](F)(F)(F)(C(F)(F)C(F)(F)F)C(F)(F)C(F)(F)F. The molecule has 0 aliphatic heterocycles. The van der Waals surface area contributed by atoms with Gasteiger partial charge < -0.3 is 5.11 Å². The van der Waals surface area contributed by atoms with Crippen molar-refractivity contribution in [1.29, 1.82) is 0 Å². The molecule has 0 aliphatic carbocycles. The molecule has 0 bridgehead atoms. The van der Waals surface area contributed by atoms with Crippen LogP contribution in [0.5, 0.6) is 5.75 Å². The zero-order chi connectivity index (χ0) is 32.8. The van der Waals surface area contributed by atoms with Crippen LogP contribution in [0.2, 0.25) is 0 Å². The standard InChI is InChI=1S/C14H14OS.C6F18P/c1-16(11-12-5-3-2-4-6-12)14-9-7-13(15)8-10-14;7-1(8,9)4(16,17)25(22,23,24,5(18,19)2(10,11)12)6(20,21)3(13,14)15/h2-10H,11H2,1H3;/q;-1/p+1. The van der Waals surface area contributed by atoms with E-state index >= 15 is 0 Å². The van der Waals surface area contributed by atoms with Gasteiger partial charge in [0.25, 0.3) is 0 Å². The van der Waals surface area contributed by atoms with Gasteiger partial charge in [-0.1, -0.05) is 30.3 Å². The third kappa shape index (κ3) is 5.27. The number of benzene rings is 2. The molecule has 1 unspecified atom stereocenters. The summed E-state index contributed by atoms with van der Waals surface area (Å²) < 4.78 is 222. The quantitative estimate of drug-likeness (QED) is 0.184. The maximum atomic E-state index is 13.4. The Balaban J connectivity index is 0.000000447. The summed E-state index contributed by atoms with van der Waals surface area (Å²) in [6, 6.07) is 18.0. The van der Waals surface area contributed by atoms with E-state index in [1.165, 1.54) is 10.5 Å². The van der Waals surface area contributed by atoms with Crippen molar-refractivity contribution in [2.45, 2.75) is 46.2 Å². The van der Waals surface area contributed by atoms with Gasteiger partial charge in [-0.3, -0.25) is 0 Å². The van der Waals surface area contributed by atoms with E-state index in [-0.39, 0.29) is 10.9 Å². The predicted molar refractivity (Wildman–Crippen MR) is 113 cm³/mol. The minimum absolute atomic E-state index is 0.196. The Morgan fingerprint density at radius 3 is 1.17 bits per heavy atom. The second-order valence-electron chi connectivity index (χ2n) is 8.17. The molecule has 2 aromatic rings. The Kier molecular flexibility index (Phi) is 9.14. The van der Waals surface area contributed by atoms with E-state index < -0.39 is 42.4 Å². The molecule has 2 rings (SSSR count). The van der Waals surface area contributed by atoms with Crippen LogP contribution >= 0.6 is 6.88 Å². The van der Waals surface area contributed by atoms with Crippen molar-refractivity contribution in [1.82, 2.24) is 0 Å². The van der Waals surface area contributed by atoms with Crippen LogP contribution in [0.4, 0.5) is 78.4 Å². The molecule has 1 nitrogen and oxygen atoms in total. The summed E-state index contributed by atoms with van der Waals surface area (Å²) in [5.41, 5.74) is -27.9. The minimum atomic E-state index is -15.0. The van der Waals surface area contributed by atoms with Crippen LogP contribution in [0.3, 0.4) is 0 Å². The summed E-state index contributed by atoms with van der Waals surface area (Å²) in [6.07, 6.45) is -23.9. The third-order valence-corrected chi connectivity index (χ3v) is 11.5. The van der Waals surface area contributed by atoms with Crippen LogP contribution in [0.15, 0.2) is 59.5 Å². The van der Waals surface area contributed by atoms with E-state index in [0.717, 1.165) is 5.75 Å². The Morgan fingerprint density at radius 2 is 0.878 bits per heavy atom. The van der Waals surface area contributed by atoms with Crippen LogP contribution in [-0.4, -0.2) is 46.9 Å². The molecule has 0 spiro atoms. The first kappa shape index (κ1) is 36.8. The number of hydrogen-bond acceptors (Lipinski definition) is 1. The summed E-state index contributed by atoms with van der Waals surface area (Å²) >= 11 is 0. The summed E-state index contributed by atoms with van der Waals surface area (Å²) in [7, 11) is 0.196. The number of aromatic hydroxyl groups is 1. The number of rotatable bonds is 6. The van der Waals surface area contributed by atoms with Crippen molar-refractivity contribution >= 4 is 17.8 Å². The number of alkyl halides is 15. The summed E-state index contributed by atoms with van der Waals surface area (Å²) in [5.74, 6) is 1.39. The van der Waals surface area contributed by atoms with Crippen LogP contribution in [0, 0.1) is 0 Å². The van der Waals surface area contributed by atoms with E-state index in [4.69, 9.17) is 0 Å². The van der Waals surface area contributed by atoms with Gasteiger partial charge in [-0.15, -0.1) is 0 Å². The van der Waals surface area contributed by atoms with Gasteiger partial charge in [0.05, 0.1) is 0 Å². The van der Waals surface area contributed by atoms with Gasteiger partial charge in [-0.25, -0.2) is 0 Å². The van der Waals surface area contributed by atoms with Gasteiger partial charge in [-0.05, 0) is 24.3 Å². The third-order valence-electron chi connectivity index (χ3n) is 5.29. The Hall–Kier alpha value is -2.24. The van der Waals surface area contributed by atoms with Crippen molar-refractivity contribution in [3.63, 3.8) is 0 Å². The van der Waals surface area contributed by atoms with Crippen LogP contribution < -0.4 is 0 Å². The molecule has 0 heterocycles. The number of hydrogen-bond donors (Lipinski definition) is 1. The molecule has 0 amide bonds. The van der Waals surface area contributed by atoms with Gasteiger partial charge >= 0.3 is 121 Å². The molecule has 238 valence electrons. The number of phenols is 1. The van der Waals surface area contributed by atoms with Gasteiger partial charge in [0.2, 0.25) is 0 Å². The second-order valence-corrected chi connectivity index (χ2v) is 14.5. The average Bonchev–Trinajstić information content (AvgIpc) is 2.78. The summed E-state index contributed by atoms with van der Waals surface area (Å²) in [6.45, 7) is -15.0. The van der Waals surface area contributed by atoms with Gasteiger partial charge in [0.1, 0.15) is 17.8 Å². The molecule has 1 atom stereocenters. The first-order chi connectivity index (χ1) is 17.8. The molecule has 0 fully saturated rings. The van der Waals surface area contributed by atoms with Crippen molar-refractivity contribution in [3.05, 3.63) is 60.2 Å². The van der Waals surface area contributed by atoms with Crippen LogP contribution in [0.25, 0.3) is 0 Å². The van der Waals surface area contributed by atoms with Crippen molar-refractivity contribution in [2.75, 3.05) is 6.26 Å². The topological polar surface area (TPSA) is 20.2 Å². The van der Waals surface area contributed by atoms with Gasteiger partial charge in [-0.2, -0.15) is 0 Å². The first-order valence-electron chi connectivity index (χ1n) is 9.97. The zero-order valence-electron chi connectivity index (χ0n) is 19.5. The predicted octanol–water partition coefficient (Wildman–Crippen LogP) is 10.4. The van der Waals surface area contributed by atoms with E-state index in [1.807, 2.05) is 18.2 Å². The van der Waals surface area contributed by atoms with E-state index in [9.17, 15) is 83.6 Å². The molecular weight excluding hydrogens is 661 g/mol. The number of phenolic OH excluding ortho intramolecular Hbond substituents is 1. The van der Waals surface area contributed by atoms with E-state index in [2.05, 4.69) is 30.5 Å². The Morgan fingerprint density at radius 1 is 0.561 bits per heavy atom. The van der Waals surface area contributed by atoms with Crippen molar-refractivity contribution in [2.24, 2.45) is 0 Å². The zero-order valence-corrected chi connectivity index (χ0v) is 21.2. The van der Waals surface area contributed by atoms with Gasteiger partial charge in [0, 0.05) is 16.5 Å². The molecule has 41 heavy (non-hydrogen) atoms. The first-order valence-corrected chi connectivity index (χ1v) is 14.1. The molecule has 0 aromatic heterocycles. The fraction of sp³-hybridized carbons (Fsp3) is 0.400. The maximum absolute atomic E-state index is 15.0. The van der Waals surface area contributed by atoms with Crippen LogP contribution in [0.1, 0.15) is 5.56 Å². The molecule has 21 heteroatoms. The van der Waals surface area contributed by atoms with Crippen molar-refractivity contribution < 1.29 is 83.6 Å².